The Balaban J connectivity index is 1.61. The van der Waals surface area contributed by atoms with E-state index < -0.39 is 10.0 Å². The lowest BCUT2D eigenvalue weighted by Gasteiger charge is -2.36. The average molecular weight is 395 g/mol. The van der Waals surface area contributed by atoms with E-state index in [-0.39, 0.29) is 0 Å². The zero-order valence-corrected chi connectivity index (χ0v) is 17.5. The van der Waals surface area contributed by atoms with Crippen molar-refractivity contribution in [3.63, 3.8) is 0 Å². The lowest BCUT2D eigenvalue weighted by atomic mass is 9.72. The van der Waals surface area contributed by atoms with Crippen molar-refractivity contribution in [2.75, 3.05) is 33.0 Å². The van der Waals surface area contributed by atoms with Crippen molar-refractivity contribution in [3.8, 4) is 5.75 Å². The SMILES string of the molecule is COc1ccc2c(c1)CCC(C(CCN)CC1CCN(S(C)(=O)=O)CC1)C2. The number of fused-ring (bicyclic) bond motifs is 1. The number of aryl methyl sites for hydroxylation is 1. The predicted molar refractivity (Wildman–Crippen MR) is 109 cm³/mol. The van der Waals surface area contributed by atoms with E-state index in [1.807, 2.05) is 0 Å². The van der Waals surface area contributed by atoms with Crippen molar-refractivity contribution in [1.82, 2.24) is 4.31 Å². The molecule has 2 aliphatic rings. The number of piperidine rings is 1. The van der Waals surface area contributed by atoms with Gasteiger partial charge in [0.1, 0.15) is 5.75 Å². The van der Waals surface area contributed by atoms with Crippen LogP contribution in [0.25, 0.3) is 0 Å². The molecule has 0 radical (unpaired) electrons. The van der Waals surface area contributed by atoms with Crippen molar-refractivity contribution in [1.29, 1.82) is 0 Å². The third-order valence-electron chi connectivity index (χ3n) is 6.56. The highest BCUT2D eigenvalue weighted by Crippen LogP contribution is 2.38. The van der Waals surface area contributed by atoms with Crippen molar-refractivity contribution in [2.45, 2.75) is 44.9 Å². The Morgan fingerprint density at radius 3 is 2.59 bits per heavy atom. The van der Waals surface area contributed by atoms with Crippen LogP contribution in [-0.4, -0.2) is 45.7 Å². The molecule has 1 aromatic carbocycles. The first-order valence-electron chi connectivity index (χ1n) is 10.2. The normalized spacial score (nSPS) is 23.0. The number of nitrogens with zero attached hydrogens (tertiary/aromatic N) is 1. The highest BCUT2D eigenvalue weighted by molar-refractivity contribution is 7.88. The summed E-state index contributed by atoms with van der Waals surface area (Å²) in [7, 11) is -1.32. The number of sulfonamides is 1. The van der Waals surface area contributed by atoms with Gasteiger partial charge in [-0.25, -0.2) is 12.7 Å². The Morgan fingerprint density at radius 1 is 1.22 bits per heavy atom. The second kappa shape index (κ2) is 8.93. The van der Waals surface area contributed by atoms with E-state index in [1.54, 1.807) is 11.4 Å². The molecular formula is C21H34N2O3S. The van der Waals surface area contributed by atoms with Crippen LogP contribution < -0.4 is 10.5 Å². The number of ether oxygens (including phenoxy) is 1. The van der Waals surface area contributed by atoms with Gasteiger partial charge in [0.15, 0.2) is 0 Å². The lowest BCUT2D eigenvalue weighted by Crippen LogP contribution is -2.38. The Hall–Kier alpha value is -1.11. The molecule has 1 aliphatic heterocycles. The summed E-state index contributed by atoms with van der Waals surface area (Å²) in [5.41, 5.74) is 8.84. The molecule has 0 amide bonds. The van der Waals surface area contributed by atoms with Crippen molar-refractivity contribution in [3.05, 3.63) is 29.3 Å². The number of methoxy groups -OCH3 is 1. The molecule has 2 N–H and O–H groups in total. The molecule has 0 aromatic heterocycles. The summed E-state index contributed by atoms with van der Waals surface area (Å²) in [5.74, 6) is 2.89. The fourth-order valence-corrected chi connectivity index (χ4v) is 5.83. The lowest BCUT2D eigenvalue weighted by molar-refractivity contribution is 0.188. The fraction of sp³-hybridized carbons (Fsp3) is 0.714. The van der Waals surface area contributed by atoms with Crippen molar-refractivity contribution < 1.29 is 13.2 Å². The van der Waals surface area contributed by atoms with Gasteiger partial charge < -0.3 is 10.5 Å². The molecule has 1 heterocycles. The molecule has 1 aliphatic carbocycles. The summed E-state index contributed by atoms with van der Waals surface area (Å²) in [6, 6.07) is 6.48. The maximum atomic E-state index is 11.7. The van der Waals surface area contributed by atoms with Gasteiger partial charge in [-0.05, 0) is 92.5 Å². The largest absolute Gasteiger partial charge is 0.497 e. The number of hydrogen-bond acceptors (Lipinski definition) is 4. The summed E-state index contributed by atoms with van der Waals surface area (Å²) in [5, 5.41) is 0. The van der Waals surface area contributed by atoms with Gasteiger partial charge in [-0.15, -0.1) is 0 Å². The third kappa shape index (κ3) is 5.24. The predicted octanol–water partition coefficient (Wildman–Crippen LogP) is 2.83. The molecule has 1 saturated heterocycles. The molecule has 1 aromatic rings. The molecule has 0 spiro atoms. The zero-order chi connectivity index (χ0) is 19.4. The van der Waals surface area contributed by atoms with E-state index in [9.17, 15) is 8.42 Å². The Kier molecular flexibility index (Phi) is 6.82. The minimum atomic E-state index is -3.04. The molecule has 2 unspecified atom stereocenters. The minimum Gasteiger partial charge on any atom is -0.497 e. The van der Waals surface area contributed by atoms with Crippen LogP contribution in [0.15, 0.2) is 18.2 Å². The van der Waals surface area contributed by atoms with Crippen LogP contribution in [0.2, 0.25) is 0 Å². The first kappa shape index (κ1) is 20.6. The van der Waals surface area contributed by atoms with E-state index >= 15 is 0 Å². The fourth-order valence-electron chi connectivity index (χ4n) is 4.95. The van der Waals surface area contributed by atoms with Gasteiger partial charge in [0, 0.05) is 13.1 Å². The Bertz CT molecular complexity index is 727. The molecule has 5 nitrogen and oxygen atoms in total. The molecule has 1 fully saturated rings. The van der Waals surface area contributed by atoms with Crippen LogP contribution in [-0.2, 0) is 22.9 Å². The van der Waals surface area contributed by atoms with E-state index in [2.05, 4.69) is 18.2 Å². The summed E-state index contributed by atoms with van der Waals surface area (Å²) in [6.45, 7) is 2.08. The first-order chi connectivity index (χ1) is 12.9. The Labute approximate surface area is 164 Å². The monoisotopic (exact) mass is 394 g/mol. The van der Waals surface area contributed by atoms with Crippen LogP contribution in [0, 0.1) is 17.8 Å². The van der Waals surface area contributed by atoms with Gasteiger partial charge >= 0.3 is 0 Å². The highest BCUT2D eigenvalue weighted by atomic mass is 32.2. The van der Waals surface area contributed by atoms with E-state index in [0.717, 1.165) is 44.4 Å². The van der Waals surface area contributed by atoms with Crippen LogP contribution in [0.4, 0.5) is 0 Å². The van der Waals surface area contributed by atoms with Crippen LogP contribution in [0.1, 0.15) is 43.2 Å². The van der Waals surface area contributed by atoms with Gasteiger partial charge in [0.05, 0.1) is 13.4 Å². The molecule has 0 saturated carbocycles. The molecular weight excluding hydrogens is 360 g/mol. The van der Waals surface area contributed by atoms with Crippen molar-refractivity contribution >= 4 is 10.0 Å². The molecule has 27 heavy (non-hydrogen) atoms. The molecule has 2 atom stereocenters. The maximum Gasteiger partial charge on any atom is 0.211 e. The summed E-state index contributed by atoms with van der Waals surface area (Å²) >= 11 is 0. The third-order valence-corrected chi connectivity index (χ3v) is 7.87. The van der Waals surface area contributed by atoms with Gasteiger partial charge in [0.25, 0.3) is 0 Å². The molecule has 3 rings (SSSR count). The number of nitrogens with two attached hydrogens (primary N) is 1. The zero-order valence-electron chi connectivity index (χ0n) is 16.7. The smallest absolute Gasteiger partial charge is 0.211 e. The van der Waals surface area contributed by atoms with Crippen LogP contribution in [0.3, 0.4) is 0 Å². The van der Waals surface area contributed by atoms with Gasteiger partial charge in [0.2, 0.25) is 10.0 Å². The maximum absolute atomic E-state index is 11.7. The van der Waals surface area contributed by atoms with E-state index in [4.69, 9.17) is 10.5 Å². The van der Waals surface area contributed by atoms with Gasteiger partial charge in [-0.2, -0.15) is 0 Å². The average Bonchev–Trinajstić information content (AvgIpc) is 2.66. The second-order valence-electron chi connectivity index (χ2n) is 8.32. The first-order valence-corrected chi connectivity index (χ1v) is 12.1. The second-order valence-corrected chi connectivity index (χ2v) is 10.3. The quantitative estimate of drug-likeness (QED) is 0.772. The summed E-state index contributed by atoms with van der Waals surface area (Å²) < 4.78 is 30.4. The molecule has 0 bridgehead atoms. The Morgan fingerprint density at radius 2 is 1.96 bits per heavy atom. The van der Waals surface area contributed by atoms with E-state index in [0.29, 0.717) is 30.8 Å². The van der Waals surface area contributed by atoms with Crippen LogP contribution in [0.5, 0.6) is 5.75 Å². The minimum absolute atomic E-state index is 0.622. The number of hydrogen-bond donors (Lipinski definition) is 1. The van der Waals surface area contributed by atoms with Crippen molar-refractivity contribution in [2.24, 2.45) is 23.5 Å². The highest BCUT2D eigenvalue weighted by Gasteiger charge is 2.31. The standard InChI is InChI=1S/C21H34N2O3S/c1-26-21-6-5-18-14-17(3-4-19(18)15-21)20(7-10-22)13-16-8-11-23(12-9-16)27(2,24)25/h5-6,15-17,20H,3-4,7-14,22H2,1-2H3. The van der Waals surface area contributed by atoms with Gasteiger partial charge in [-0.1, -0.05) is 6.07 Å². The molecule has 152 valence electrons. The molecule has 6 heteroatoms. The van der Waals surface area contributed by atoms with E-state index in [1.165, 1.54) is 30.2 Å². The summed E-state index contributed by atoms with van der Waals surface area (Å²) in [4.78, 5) is 0. The van der Waals surface area contributed by atoms with Gasteiger partial charge in [-0.3, -0.25) is 0 Å². The topological polar surface area (TPSA) is 72.6 Å². The van der Waals surface area contributed by atoms with Crippen LogP contribution >= 0.6 is 0 Å². The number of benzene rings is 1. The number of rotatable bonds is 7. The summed E-state index contributed by atoms with van der Waals surface area (Å²) in [6.07, 6.45) is 9.00.